The van der Waals surface area contributed by atoms with E-state index in [0.29, 0.717) is 19.3 Å². The number of morpholine rings is 1. The minimum Gasteiger partial charge on any atom is -0.379 e. The van der Waals surface area contributed by atoms with Crippen LogP contribution in [0, 0.1) is 11.6 Å². The van der Waals surface area contributed by atoms with Crippen LogP contribution in [0.5, 0.6) is 0 Å². The second-order valence-electron chi connectivity index (χ2n) is 4.95. The lowest BCUT2D eigenvalue weighted by Gasteiger charge is -2.32. The van der Waals surface area contributed by atoms with Gasteiger partial charge in [0.15, 0.2) is 0 Å². The average molecular weight is 320 g/mol. The first kappa shape index (κ1) is 16.3. The Balaban J connectivity index is 2.00. The molecule has 1 aliphatic heterocycles. The van der Waals surface area contributed by atoms with Crippen LogP contribution >= 0.6 is 0 Å². The monoisotopic (exact) mass is 320 g/mol. The van der Waals surface area contributed by atoms with Crippen LogP contribution in [-0.4, -0.2) is 52.2 Å². The Labute approximate surface area is 122 Å². The van der Waals surface area contributed by atoms with E-state index in [0.717, 1.165) is 25.2 Å². The van der Waals surface area contributed by atoms with Gasteiger partial charge in [0, 0.05) is 31.7 Å². The van der Waals surface area contributed by atoms with Crippen molar-refractivity contribution in [1.82, 2.24) is 9.62 Å². The van der Waals surface area contributed by atoms with Crippen LogP contribution < -0.4 is 4.72 Å². The number of ether oxygens (including phenoxy) is 1. The Morgan fingerprint density at radius 2 is 1.81 bits per heavy atom. The highest BCUT2D eigenvalue weighted by atomic mass is 32.2. The van der Waals surface area contributed by atoms with Crippen molar-refractivity contribution in [3.63, 3.8) is 0 Å². The fourth-order valence-corrected chi connectivity index (χ4v) is 3.31. The molecule has 1 aromatic carbocycles. The van der Waals surface area contributed by atoms with E-state index < -0.39 is 26.6 Å². The Kier molecular flexibility index (Phi) is 5.26. The van der Waals surface area contributed by atoms with Gasteiger partial charge in [-0.15, -0.1) is 0 Å². The molecule has 0 amide bonds. The molecule has 8 heteroatoms. The van der Waals surface area contributed by atoms with E-state index in [2.05, 4.69) is 9.62 Å². The van der Waals surface area contributed by atoms with Crippen molar-refractivity contribution in [3.05, 3.63) is 29.8 Å². The van der Waals surface area contributed by atoms with Gasteiger partial charge in [-0.3, -0.25) is 4.90 Å². The largest absolute Gasteiger partial charge is 0.379 e. The van der Waals surface area contributed by atoms with E-state index in [-0.39, 0.29) is 12.6 Å². The van der Waals surface area contributed by atoms with Crippen LogP contribution in [0.15, 0.2) is 23.1 Å². The van der Waals surface area contributed by atoms with Gasteiger partial charge in [0.25, 0.3) is 0 Å². The van der Waals surface area contributed by atoms with Crippen LogP contribution in [-0.2, 0) is 14.8 Å². The number of nitrogens with zero attached hydrogens (tertiary/aromatic N) is 1. The van der Waals surface area contributed by atoms with Crippen LogP contribution in [0.4, 0.5) is 8.78 Å². The predicted molar refractivity (Wildman–Crippen MR) is 73.4 cm³/mol. The topological polar surface area (TPSA) is 58.6 Å². The molecule has 21 heavy (non-hydrogen) atoms. The maximum absolute atomic E-state index is 13.1. The van der Waals surface area contributed by atoms with Crippen molar-refractivity contribution in [2.45, 2.75) is 17.9 Å². The fraction of sp³-hybridized carbons (Fsp3) is 0.538. The van der Waals surface area contributed by atoms with E-state index in [9.17, 15) is 17.2 Å². The summed E-state index contributed by atoms with van der Waals surface area (Å²) >= 11 is 0. The molecular weight excluding hydrogens is 302 g/mol. The molecule has 0 unspecified atom stereocenters. The molecule has 0 radical (unpaired) electrons. The van der Waals surface area contributed by atoms with Crippen molar-refractivity contribution in [2.75, 3.05) is 32.8 Å². The number of nitrogens with one attached hydrogen (secondary N) is 1. The lowest BCUT2D eigenvalue weighted by atomic mass is 10.2. The lowest BCUT2D eigenvalue weighted by molar-refractivity contribution is 0.0213. The molecular formula is C13H18F2N2O3S. The third-order valence-electron chi connectivity index (χ3n) is 3.38. The van der Waals surface area contributed by atoms with E-state index in [4.69, 9.17) is 4.74 Å². The van der Waals surface area contributed by atoms with Gasteiger partial charge >= 0.3 is 0 Å². The Hall–Kier alpha value is -1.09. The molecule has 0 spiro atoms. The summed E-state index contributed by atoms with van der Waals surface area (Å²) in [4.78, 5) is 1.69. The standard InChI is InChI=1S/C13H18F2N2O3S/c1-10(17-2-4-20-5-3-17)9-16-21(18,19)13-7-11(14)6-12(15)8-13/h6-8,10,16H,2-5,9H2,1H3/t10-/m0/s1. The number of hydrogen-bond donors (Lipinski definition) is 1. The van der Waals surface area contributed by atoms with Crippen molar-refractivity contribution < 1.29 is 21.9 Å². The molecule has 118 valence electrons. The third-order valence-corrected chi connectivity index (χ3v) is 4.79. The summed E-state index contributed by atoms with van der Waals surface area (Å²) in [5, 5.41) is 0. The van der Waals surface area contributed by atoms with Crippen LogP contribution in [0.25, 0.3) is 0 Å². The molecule has 5 nitrogen and oxygen atoms in total. The quantitative estimate of drug-likeness (QED) is 0.878. The van der Waals surface area contributed by atoms with E-state index >= 15 is 0 Å². The molecule has 1 heterocycles. The number of benzene rings is 1. The minimum absolute atomic E-state index is 0.0259. The number of rotatable bonds is 5. The molecule has 0 bridgehead atoms. The molecule has 2 rings (SSSR count). The van der Waals surface area contributed by atoms with Gasteiger partial charge in [-0.1, -0.05) is 0 Å². The molecule has 1 saturated heterocycles. The summed E-state index contributed by atoms with van der Waals surface area (Å²) in [5.41, 5.74) is 0. The summed E-state index contributed by atoms with van der Waals surface area (Å²) in [6.07, 6.45) is 0. The van der Waals surface area contributed by atoms with Gasteiger partial charge in [0.2, 0.25) is 10.0 Å². The Morgan fingerprint density at radius 1 is 1.24 bits per heavy atom. The predicted octanol–water partition coefficient (Wildman–Crippen LogP) is 0.964. The first-order valence-electron chi connectivity index (χ1n) is 6.66. The molecule has 1 atom stereocenters. The van der Waals surface area contributed by atoms with Crippen molar-refractivity contribution in [2.24, 2.45) is 0 Å². The molecule has 0 saturated carbocycles. The van der Waals surface area contributed by atoms with Gasteiger partial charge in [-0.05, 0) is 19.1 Å². The smallest absolute Gasteiger partial charge is 0.240 e. The van der Waals surface area contributed by atoms with Gasteiger partial charge in [-0.2, -0.15) is 0 Å². The Bertz CT molecular complexity index is 569. The molecule has 1 aliphatic rings. The highest BCUT2D eigenvalue weighted by Gasteiger charge is 2.21. The molecule has 1 fully saturated rings. The van der Waals surface area contributed by atoms with Gasteiger partial charge in [0.1, 0.15) is 11.6 Å². The molecule has 0 aliphatic carbocycles. The first-order valence-corrected chi connectivity index (χ1v) is 8.14. The van der Waals surface area contributed by atoms with E-state index in [1.165, 1.54) is 0 Å². The van der Waals surface area contributed by atoms with Crippen LogP contribution in [0.1, 0.15) is 6.92 Å². The highest BCUT2D eigenvalue weighted by Crippen LogP contribution is 2.13. The van der Waals surface area contributed by atoms with Crippen molar-refractivity contribution >= 4 is 10.0 Å². The fourth-order valence-electron chi connectivity index (χ4n) is 2.14. The Morgan fingerprint density at radius 3 is 2.38 bits per heavy atom. The lowest BCUT2D eigenvalue weighted by Crippen LogP contribution is -2.47. The van der Waals surface area contributed by atoms with E-state index in [1.54, 1.807) is 0 Å². The average Bonchev–Trinajstić information content (AvgIpc) is 2.45. The molecule has 1 N–H and O–H groups in total. The number of halogens is 2. The summed E-state index contributed by atoms with van der Waals surface area (Å²) in [7, 11) is -3.93. The SMILES string of the molecule is C[C@@H](CNS(=O)(=O)c1cc(F)cc(F)c1)N1CCOCC1. The second kappa shape index (κ2) is 6.78. The maximum atomic E-state index is 13.1. The normalized spacial score (nSPS) is 18.6. The minimum atomic E-state index is -3.93. The van der Waals surface area contributed by atoms with Crippen LogP contribution in [0.2, 0.25) is 0 Å². The van der Waals surface area contributed by atoms with Crippen molar-refractivity contribution in [1.29, 1.82) is 0 Å². The number of sulfonamides is 1. The summed E-state index contributed by atoms with van der Waals surface area (Å²) in [6, 6.07) is 2.20. The summed E-state index contributed by atoms with van der Waals surface area (Å²) < 4.78 is 57.9. The zero-order valence-corrected chi connectivity index (χ0v) is 12.5. The third kappa shape index (κ3) is 4.44. The zero-order chi connectivity index (χ0) is 15.5. The van der Waals surface area contributed by atoms with Gasteiger partial charge in [-0.25, -0.2) is 21.9 Å². The first-order chi connectivity index (χ1) is 9.88. The highest BCUT2D eigenvalue weighted by molar-refractivity contribution is 7.89. The second-order valence-corrected chi connectivity index (χ2v) is 6.72. The maximum Gasteiger partial charge on any atom is 0.240 e. The van der Waals surface area contributed by atoms with Crippen molar-refractivity contribution in [3.8, 4) is 0 Å². The van der Waals surface area contributed by atoms with Gasteiger partial charge in [0.05, 0.1) is 18.1 Å². The number of hydrogen-bond acceptors (Lipinski definition) is 4. The summed E-state index contributed by atoms with van der Waals surface area (Å²) in [5.74, 6) is -1.84. The summed E-state index contributed by atoms with van der Waals surface area (Å²) in [6.45, 7) is 4.76. The van der Waals surface area contributed by atoms with Gasteiger partial charge < -0.3 is 4.74 Å². The van der Waals surface area contributed by atoms with Crippen LogP contribution in [0.3, 0.4) is 0 Å². The van der Waals surface area contributed by atoms with E-state index in [1.807, 2.05) is 6.92 Å². The zero-order valence-electron chi connectivity index (χ0n) is 11.7. The molecule has 1 aromatic rings. The molecule has 0 aromatic heterocycles.